The van der Waals surface area contributed by atoms with Gasteiger partial charge in [-0.15, -0.1) is 0 Å². The summed E-state index contributed by atoms with van der Waals surface area (Å²) >= 11 is 0. The first-order valence-corrected chi connectivity index (χ1v) is 2.23. The Morgan fingerprint density at radius 1 is 1.43 bits per heavy atom. The summed E-state index contributed by atoms with van der Waals surface area (Å²) in [4.78, 5) is 0. The van der Waals surface area contributed by atoms with Gasteiger partial charge >= 0.3 is 0 Å². The first-order valence-electron chi connectivity index (χ1n) is 2.23. The van der Waals surface area contributed by atoms with Crippen molar-refractivity contribution in [1.29, 1.82) is 0 Å². The van der Waals surface area contributed by atoms with Gasteiger partial charge in [0.25, 0.3) is 0 Å². The molecule has 0 spiro atoms. The van der Waals surface area contributed by atoms with Crippen LogP contribution in [0.4, 0.5) is 0 Å². The fourth-order valence-electron chi connectivity index (χ4n) is 0.422. The van der Waals surface area contributed by atoms with Crippen molar-refractivity contribution in [2.24, 2.45) is 0 Å². The Bertz CT molecular complexity index is 103. The molecular formula is C6H7O. The van der Waals surface area contributed by atoms with Crippen LogP contribution in [0, 0.1) is 6.10 Å². The molecule has 1 rings (SSSR count). The molecule has 1 heterocycles. The van der Waals surface area contributed by atoms with Crippen molar-refractivity contribution in [1.82, 2.24) is 0 Å². The van der Waals surface area contributed by atoms with Crippen LogP contribution in [0.5, 0.6) is 0 Å². The molecule has 1 heteroatoms. The average Bonchev–Trinajstić information content (AvgIpc) is 1.69. The topological polar surface area (TPSA) is 9.23 Å². The van der Waals surface area contributed by atoms with Crippen LogP contribution in [0.2, 0.25) is 0 Å². The third-order valence-corrected chi connectivity index (χ3v) is 0.775. The maximum atomic E-state index is 4.93. The second-order valence-corrected chi connectivity index (χ2v) is 1.42. The lowest BCUT2D eigenvalue weighted by Gasteiger charge is -2.04. The molecule has 0 unspecified atom stereocenters. The van der Waals surface area contributed by atoms with Gasteiger partial charge in [0.1, 0.15) is 0 Å². The van der Waals surface area contributed by atoms with E-state index in [0.717, 1.165) is 6.10 Å². The fraction of sp³-hybridized carbons (Fsp3) is 0.167. The summed E-state index contributed by atoms with van der Waals surface area (Å²) in [5, 5.41) is 0. The summed E-state index contributed by atoms with van der Waals surface area (Å²) in [5.74, 6) is 0. The second kappa shape index (κ2) is 1.82. The molecular weight excluding hydrogens is 88.1 g/mol. The quantitative estimate of drug-likeness (QED) is 0.444. The average molecular weight is 95.1 g/mol. The van der Waals surface area contributed by atoms with E-state index in [-0.39, 0.29) is 0 Å². The van der Waals surface area contributed by atoms with Crippen LogP contribution in [0.25, 0.3) is 0 Å². The van der Waals surface area contributed by atoms with Gasteiger partial charge in [-0.2, -0.15) is 0 Å². The molecule has 0 N–H and O–H groups in total. The highest BCUT2D eigenvalue weighted by molar-refractivity contribution is 5.13. The molecule has 1 nitrogen and oxygen atoms in total. The summed E-state index contributed by atoms with van der Waals surface area (Å²) in [5.41, 5.74) is 0. The van der Waals surface area contributed by atoms with Crippen molar-refractivity contribution in [3.8, 4) is 0 Å². The van der Waals surface area contributed by atoms with Gasteiger partial charge in [-0.1, -0.05) is 6.08 Å². The smallest absolute Gasteiger partial charge is 0.166 e. The predicted octanol–water partition coefficient (Wildman–Crippen LogP) is 1.64. The molecule has 0 aromatic rings. The van der Waals surface area contributed by atoms with Gasteiger partial charge in [0.15, 0.2) is 6.10 Å². The van der Waals surface area contributed by atoms with E-state index < -0.39 is 0 Å². The molecule has 0 aliphatic carbocycles. The molecule has 37 valence electrons. The summed E-state index contributed by atoms with van der Waals surface area (Å²) in [7, 11) is 0. The summed E-state index contributed by atoms with van der Waals surface area (Å²) in [6.07, 6.45) is 8.32. The minimum atomic E-state index is 0.947. The van der Waals surface area contributed by atoms with E-state index in [1.807, 2.05) is 25.2 Å². The molecule has 7 heavy (non-hydrogen) atoms. The number of hydrogen-bond acceptors (Lipinski definition) is 1. The highest BCUT2D eigenvalue weighted by Crippen LogP contribution is 2.06. The minimum absolute atomic E-state index is 0.947. The van der Waals surface area contributed by atoms with E-state index in [1.165, 1.54) is 0 Å². The van der Waals surface area contributed by atoms with Crippen molar-refractivity contribution in [3.63, 3.8) is 0 Å². The van der Waals surface area contributed by atoms with E-state index in [2.05, 4.69) is 0 Å². The predicted molar refractivity (Wildman–Crippen MR) is 28.3 cm³/mol. The van der Waals surface area contributed by atoms with Crippen molar-refractivity contribution in [3.05, 3.63) is 30.6 Å². The zero-order valence-corrected chi connectivity index (χ0v) is 4.22. The fourth-order valence-corrected chi connectivity index (χ4v) is 0.422. The van der Waals surface area contributed by atoms with Gasteiger partial charge in [-0.25, -0.2) is 0 Å². The van der Waals surface area contributed by atoms with E-state index in [4.69, 9.17) is 4.74 Å². The van der Waals surface area contributed by atoms with E-state index in [9.17, 15) is 0 Å². The molecule has 0 aromatic carbocycles. The van der Waals surface area contributed by atoms with Crippen LogP contribution in [0.1, 0.15) is 6.92 Å². The molecule has 0 saturated heterocycles. The Morgan fingerprint density at radius 2 is 2.29 bits per heavy atom. The Morgan fingerprint density at radius 3 is 2.57 bits per heavy atom. The van der Waals surface area contributed by atoms with Crippen molar-refractivity contribution in [2.75, 3.05) is 0 Å². The Hall–Kier alpha value is -0.720. The molecule has 0 saturated carbocycles. The van der Waals surface area contributed by atoms with Crippen molar-refractivity contribution in [2.45, 2.75) is 6.92 Å². The minimum Gasteiger partial charge on any atom is -0.487 e. The van der Waals surface area contributed by atoms with Gasteiger partial charge in [0, 0.05) is 0 Å². The van der Waals surface area contributed by atoms with E-state index in [1.54, 1.807) is 6.26 Å². The van der Waals surface area contributed by atoms with Crippen LogP contribution in [-0.4, -0.2) is 0 Å². The van der Waals surface area contributed by atoms with Crippen molar-refractivity contribution >= 4 is 0 Å². The van der Waals surface area contributed by atoms with E-state index >= 15 is 0 Å². The summed E-state index contributed by atoms with van der Waals surface area (Å²) in [6.45, 7) is 1.92. The van der Waals surface area contributed by atoms with Crippen LogP contribution >= 0.6 is 0 Å². The molecule has 0 atom stereocenters. The van der Waals surface area contributed by atoms with Crippen LogP contribution in [0.3, 0.4) is 0 Å². The zero-order valence-electron chi connectivity index (χ0n) is 4.22. The molecule has 0 aromatic heterocycles. The number of ether oxygens (including phenoxy) is 1. The van der Waals surface area contributed by atoms with Gasteiger partial charge in [-0.05, 0) is 19.1 Å². The number of allylic oxidation sites excluding steroid dienone is 2. The van der Waals surface area contributed by atoms with Crippen LogP contribution < -0.4 is 0 Å². The Labute approximate surface area is 43.3 Å². The number of rotatable bonds is 0. The van der Waals surface area contributed by atoms with Gasteiger partial charge in [0.05, 0.1) is 6.26 Å². The van der Waals surface area contributed by atoms with Crippen LogP contribution in [-0.2, 0) is 4.74 Å². The summed E-state index contributed by atoms with van der Waals surface area (Å²) in [6, 6.07) is 0. The first kappa shape index (κ1) is 4.44. The van der Waals surface area contributed by atoms with E-state index in [0.29, 0.717) is 0 Å². The standard InChI is InChI=1S/C6H7O/c1-6-4-2-3-5-7-6/h2-5H,1H3. The lowest BCUT2D eigenvalue weighted by atomic mass is 10.3. The molecule has 0 bridgehead atoms. The lowest BCUT2D eigenvalue weighted by Crippen LogP contribution is -1.89. The highest BCUT2D eigenvalue weighted by atomic mass is 16.5. The van der Waals surface area contributed by atoms with Gasteiger partial charge < -0.3 is 4.74 Å². The molecule has 1 radical (unpaired) electrons. The molecule has 0 amide bonds. The molecule has 0 fully saturated rings. The monoisotopic (exact) mass is 95.0 g/mol. The summed E-state index contributed by atoms with van der Waals surface area (Å²) < 4.78 is 4.93. The molecule has 1 aliphatic rings. The normalized spacial score (nSPS) is 19.6. The van der Waals surface area contributed by atoms with Crippen LogP contribution in [0.15, 0.2) is 24.5 Å². The highest BCUT2D eigenvalue weighted by Gasteiger charge is 1.94. The third kappa shape index (κ3) is 1.07. The first-order chi connectivity index (χ1) is 3.39. The maximum Gasteiger partial charge on any atom is 0.166 e. The Balaban J connectivity index is 2.49. The SMILES string of the molecule is C[C]1C=CC=CO1. The Kier molecular flexibility index (Phi) is 1.16. The zero-order chi connectivity index (χ0) is 5.11. The number of hydrogen-bond donors (Lipinski definition) is 0. The van der Waals surface area contributed by atoms with Gasteiger partial charge in [0.2, 0.25) is 0 Å². The maximum absolute atomic E-state index is 4.93. The van der Waals surface area contributed by atoms with Crippen molar-refractivity contribution < 1.29 is 4.74 Å². The second-order valence-electron chi connectivity index (χ2n) is 1.42. The van der Waals surface area contributed by atoms with Gasteiger partial charge in [-0.3, -0.25) is 0 Å². The largest absolute Gasteiger partial charge is 0.487 e. The molecule has 1 aliphatic heterocycles. The third-order valence-electron chi connectivity index (χ3n) is 0.775. The lowest BCUT2D eigenvalue weighted by molar-refractivity contribution is 0.292.